The van der Waals surface area contributed by atoms with Gasteiger partial charge >= 0.3 is 0 Å². The highest BCUT2D eigenvalue weighted by molar-refractivity contribution is 7.93. The van der Waals surface area contributed by atoms with Crippen LogP contribution >= 0.6 is 23.2 Å². The summed E-state index contributed by atoms with van der Waals surface area (Å²) in [6.07, 6.45) is -1.47. The smallest absolute Gasteiger partial charge is 0.241 e. The predicted octanol–water partition coefficient (Wildman–Crippen LogP) is 10.1. The molecule has 0 amide bonds. The fraction of sp³-hybridized carbons (Fsp3) is 0.231. The minimum Gasteiger partial charge on any atom is -0.508 e. The maximum Gasteiger partial charge on any atom is 0.241 e. The Kier molecular flexibility index (Phi) is 13.0. The zero-order valence-electron chi connectivity index (χ0n) is 36.9. The van der Waals surface area contributed by atoms with Crippen LogP contribution in [0.25, 0.3) is 22.3 Å². The molecule has 2 saturated heterocycles. The van der Waals surface area contributed by atoms with Crippen LogP contribution in [0.15, 0.2) is 146 Å². The molecular formula is C52H48Cl2N2O10S2. The van der Waals surface area contributed by atoms with E-state index in [0.29, 0.717) is 34.3 Å². The highest BCUT2D eigenvalue weighted by atomic mass is 35.5. The van der Waals surface area contributed by atoms with Crippen LogP contribution in [0.1, 0.15) is 48.9 Å². The van der Waals surface area contributed by atoms with Crippen LogP contribution in [0.2, 0.25) is 10.0 Å². The SMILES string of the molecule is CCN(c1ccc(Cl)cc1)S(=O)(=O)[C@@H]1C[C@@H]2O[C@H]1C(c1ccc(O)cc1)=C2c1ccc(O)cc1.CCN(c1ccc(Cl)cc1)S(=O)(=O)[C@H]1C[C@H]2O[C@@H]1C(c1ccc(O)cc1)=C2c1ccc(O)cc1. The van der Waals surface area contributed by atoms with Crippen LogP contribution in [0.4, 0.5) is 11.4 Å². The van der Waals surface area contributed by atoms with Gasteiger partial charge in [0.15, 0.2) is 0 Å². The van der Waals surface area contributed by atoms with Crippen molar-refractivity contribution < 1.29 is 46.7 Å². The molecule has 4 aliphatic rings. The maximum absolute atomic E-state index is 13.9. The van der Waals surface area contributed by atoms with Crippen molar-refractivity contribution in [2.45, 2.75) is 61.6 Å². The first-order valence-corrected chi connectivity index (χ1v) is 25.9. The topological polar surface area (TPSA) is 174 Å². The number of ether oxygens (including phenoxy) is 2. The second-order valence-corrected chi connectivity index (χ2v) is 21.9. The molecule has 12 nitrogen and oxygen atoms in total. The van der Waals surface area contributed by atoms with Crippen LogP contribution in [0, 0.1) is 0 Å². The number of sulfonamides is 2. The number of anilines is 2. The van der Waals surface area contributed by atoms with E-state index < -0.39 is 55.0 Å². The van der Waals surface area contributed by atoms with E-state index in [-0.39, 0.29) is 36.1 Å². The van der Waals surface area contributed by atoms with E-state index in [0.717, 1.165) is 44.5 Å². The zero-order valence-corrected chi connectivity index (χ0v) is 40.0. The zero-order chi connectivity index (χ0) is 48.1. The van der Waals surface area contributed by atoms with Gasteiger partial charge in [0.2, 0.25) is 20.0 Å². The first-order chi connectivity index (χ1) is 32.6. The lowest BCUT2D eigenvalue weighted by molar-refractivity contribution is 0.128. The van der Waals surface area contributed by atoms with Gasteiger partial charge in [-0.15, -0.1) is 0 Å². The van der Waals surface area contributed by atoms with E-state index in [9.17, 15) is 37.3 Å². The van der Waals surface area contributed by atoms with Gasteiger partial charge in [0.1, 0.15) is 45.7 Å². The largest absolute Gasteiger partial charge is 0.508 e. The number of phenolic OH excluding ortho intramolecular Hbond substituents is 4. The molecule has 2 fully saturated rings. The number of phenols is 4. The standard InChI is InChI=1S/2C26H24ClNO5S/c2*1-2-28(19-9-7-18(27)8-10-19)34(31,32)23-15-22-24(16-3-11-20(29)12-4-16)25(26(23)33-22)17-5-13-21(30)14-6-17/h2*3-14,22-23,26,29-30H,2,15H2,1H3/t2*22-,23+,26+/m10/s1. The molecule has 68 heavy (non-hydrogen) atoms. The van der Waals surface area contributed by atoms with Crippen molar-refractivity contribution in [1.29, 1.82) is 0 Å². The van der Waals surface area contributed by atoms with Gasteiger partial charge in [-0.05, 0) is 168 Å². The van der Waals surface area contributed by atoms with Crippen molar-refractivity contribution in [3.8, 4) is 23.0 Å². The van der Waals surface area contributed by atoms with Crippen LogP contribution in [0.5, 0.6) is 23.0 Å². The van der Waals surface area contributed by atoms with Gasteiger partial charge in [0.25, 0.3) is 0 Å². The van der Waals surface area contributed by atoms with Crippen LogP contribution in [-0.4, -0.2) is 85.3 Å². The van der Waals surface area contributed by atoms with E-state index in [1.54, 1.807) is 135 Å². The highest BCUT2D eigenvalue weighted by Gasteiger charge is 2.55. The molecule has 4 N–H and O–H groups in total. The third-order valence-electron chi connectivity index (χ3n) is 12.9. The molecule has 0 unspecified atom stereocenters. The van der Waals surface area contributed by atoms with E-state index >= 15 is 0 Å². The van der Waals surface area contributed by atoms with Crippen molar-refractivity contribution in [1.82, 2.24) is 0 Å². The Hall–Kier alpha value is -6.00. The molecule has 0 aliphatic carbocycles. The monoisotopic (exact) mass is 994 g/mol. The highest BCUT2D eigenvalue weighted by Crippen LogP contribution is 2.53. The summed E-state index contributed by atoms with van der Waals surface area (Å²) >= 11 is 12.0. The van der Waals surface area contributed by atoms with E-state index in [4.69, 9.17) is 32.7 Å². The maximum atomic E-state index is 13.9. The lowest BCUT2D eigenvalue weighted by Gasteiger charge is -2.31. The Labute approximate surface area is 405 Å². The quantitative estimate of drug-likeness (QED) is 0.0924. The molecular weight excluding hydrogens is 948 g/mol. The van der Waals surface area contributed by atoms with Gasteiger partial charge in [-0.2, -0.15) is 0 Å². The van der Waals surface area contributed by atoms with Gasteiger partial charge < -0.3 is 29.9 Å². The third kappa shape index (κ3) is 8.81. The Bertz CT molecular complexity index is 2880. The lowest BCUT2D eigenvalue weighted by Crippen LogP contribution is -2.43. The average Bonchev–Trinajstić information content (AvgIpc) is 4.13. The molecule has 4 heterocycles. The number of hydrogen-bond acceptors (Lipinski definition) is 10. The molecule has 0 saturated carbocycles. The number of halogens is 2. The molecule has 6 aromatic rings. The minimum atomic E-state index is -3.77. The fourth-order valence-corrected chi connectivity index (χ4v) is 14.2. The second kappa shape index (κ2) is 18.8. The van der Waals surface area contributed by atoms with Gasteiger partial charge in [-0.3, -0.25) is 8.61 Å². The van der Waals surface area contributed by atoms with Crippen molar-refractivity contribution in [3.05, 3.63) is 178 Å². The van der Waals surface area contributed by atoms with Gasteiger partial charge in [0, 0.05) is 23.1 Å². The molecule has 0 aromatic heterocycles. The summed E-state index contributed by atoms with van der Waals surface area (Å²) in [6, 6.07) is 40.6. The number of fused-ring (bicyclic) bond motifs is 4. The Balaban J connectivity index is 0.000000170. The molecule has 4 aliphatic heterocycles. The summed E-state index contributed by atoms with van der Waals surface area (Å²) in [4.78, 5) is 0. The van der Waals surface area contributed by atoms with Crippen molar-refractivity contribution >= 4 is 76.9 Å². The number of aromatic hydroxyl groups is 4. The van der Waals surface area contributed by atoms with Gasteiger partial charge in [0.05, 0.1) is 23.6 Å². The van der Waals surface area contributed by atoms with Crippen molar-refractivity contribution in [3.63, 3.8) is 0 Å². The van der Waals surface area contributed by atoms with E-state index in [1.165, 1.54) is 8.61 Å². The molecule has 4 bridgehead atoms. The minimum absolute atomic E-state index is 0.128. The molecule has 0 spiro atoms. The van der Waals surface area contributed by atoms with E-state index in [2.05, 4.69) is 0 Å². The van der Waals surface area contributed by atoms with Crippen molar-refractivity contribution in [2.75, 3.05) is 21.7 Å². The first-order valence-electron chi connectivity index (χ1n) is 22.1. The Morgan fingerprint density at radius 2 is 0.706 bits per heavy atom. The van der Waals surface area contributed by atoms with Gasteiger partial charge in [-0.1, -0.05) is 71.7 Å². The summed E-state index contributed by atoms with van der Waals surface area (Å²) in [5.41, 5.74) is 7.86. The first kappa shape index (κ1) is 47.1. The molecule has 10 rings (SSSR count). The van der Waals surface area contributed by atoms with Crippen LogP contribution < -0.4 is 8.61 Å². The predicted molar refractivity (Wildman–Crippen MR) is 267 cm³/mol. The van der Waals surface area contributed by atoms with Crippen molar-refractivity contribution in [2.24, 2.45) is 0 Å². The third-order valence-corrected chi connectivity index (χ3v) is 18.0. The molecule has 16 heteroatoms. The normalized spacial score (nSPS) is 21.8. The fourth-order valence-electron chi connectivity index (χ4n) is 9.84. The molecule has 352 valence electrons. The van der Waals surface area contributed by atoms with Crippen LogP contribution in [-0.2, 0) is 29.5 Å². The summed E-state index contributed by atoms with van der Waals surface area (Å²) in [5.74, 6) is 0.565. The van der Waals surface area contributed by atoms with E-state index in [1.807, 2.05) is 24.3 Å². The molecule has 0 radical (unpaired) electrons. The summed E-state index contributed by atoms with van der Waals surface area (Å²) in [7, 11) is -7.53. The number of rotatable bonds is 12. The molecule has 6 aromatic carbocycles. The Morgan fingerprint density at radius 1 is 0.441 bits per heavy atom. The summed E-state index contributed by atoms with van der Waals surface area (Å²) in [6.45, 7) is 4.17. The number of hydrogen-bond donors (Lipinski definition) is 4. The van der Waals surface area contributed by atoms with Gasteiger partial charge in [-0.25, -0.2) is 16.8 Å². The van der Waals surface area contributed by atoms with Crippen LogP contribution in [0.3, 0.4) is 0 Å². The lowest BCUT2D eigenvalue weighted by atomic mass is 9.83. The number of benzene rings is 6. The second-order valence-electron chi connectivity index (χ2n) is 16.9. The summed E-state index contributed by atoms with van der Waals surface area (Å²) < 4.78 is 70.9. The molecule has 6 atom stereocenters. The number of nitrogens with zero attached hydrogens (tertiary/aromatic N) is 2. The summed E-state index contributed by atoms with van der Waals surface area (Å²) in [5, 5.41) is 38.6. The Morgan fingerprint density at radius 3 is 0.971 bits per heavy atom. The average molecular weight is 996 g/mol.